The Kier molecular flexibility index (Phi) is 21.4. The summed E-state index contributed by atoms with van der Waals surface area (Å²) in [5.74, 6) is 0.141. The highest BCUT2D eigenvalue weighted by molar-refractivity contribution is 7.13. The number of methoxy groups -OCH3 is 1. The third-order valence-electron chi connectivity index (χ3n) is 17.4. The highest BCUT2D eigenvalue weighted by Gasteiger charge is 2.56. The van der Waals surface area contributed by atoms with Crippen molar-refractivity contribution in [2.24, 2.45) is 10.8 Å². The summed E-state index contributed by atoms with van der Waals surface area (Å²) in [5.41, 5.74) is 6.49. The summed E-state index contributed by atoms with van der Waals surface area (Å²) in [4.78, 5) is 70.6. The highest BCUT2D eigenvalue weighted by Crippen LogP contribution is 2.48. The summed E-state index contributed by atoms with van der Waals surface area (Å²) in [7, 11) is 1.63. The maximum atomic E-state index is 14.3. The van der Waals surface area contributed by atoms with E-state index in [1.54, 1.807) is 59.9 Å². The van der Waals surface area contributed by atoms with Crippen LogP contribution in [0.25, 0.3) is 21.3 Å². The Morgan fingerprint density at radius 3 is 2.03 bits per heavy atom. The number of anilines is 2. The molecule has 1 saturated carbocycles. The van der Waals surface area contributed by atoms with E-state index in [1.807, 2.05) is 45.3 Å². The molecule has 4 amide bonds. The van der Waals surface area contributed by atoms with Crippen LogP contribution in [0.15, 0.2) is 115 Å². The van der Waals surface area contributed by atoms with E-state index in [0.29, 0.717) is 93.1 Å². The molecule has 5 N–H and O–H groups in total. The molecule has 4 aromatic carbocycles. The van der Waals surface area contributed by atoms with Crippen LogP contribution in [-0.2, 0) is 46.5 Å². The normalized spacial score (nSPS) is 18.5. The number of β-amino-alcohol motifs (C(OH)–C–C–N with tert-alkyl or cyclic N) is 1. The van der Waals surface area contributed by atoms with Crippen LogP contribution in [0, 0.1) is 23.6 Å². The van der Waals surface area contributed by atoms with Crippen molar-refractivity contribution >= 4 is 57.2 Å². The van der Waals surface area contributed by atoms with Crippen LogP contribution < -0.4 is 30.7 Å². The van der Waals surface area contributed by atoms with E-state index in [-0.39, 0.29) is 37.0 Å². The molecule has 0 bridgehead atoms. The van der Waals surface area contributed by atoms with Crippen molar-refractivity contribution in [3.05, 3.63) is 138 Å². The molecule has 21 heteroatoms. The topological polar surface area (TPSA) is 218 Å². The molecule has 4 aliphatic rings. The van der Waals surface area contributed by atoms with Gasteiger partial charge in [-0.3, -0.25) is 24.2 Å². The van der Waals surface area contributed by atoms with Crippen molar-refractivity contribution in [1.29, 1.82) is 0 Å². The Morgan fingerprint density at radius 1 is 0.809 bits per heavy atom. The van der Waals surface area contributed by atoms with E-state index >= 15 is 0 Å². The lowest BCUT2D eigenvalue weighted by Crippen LogP contribution is -2.56. The van der Waals surface area contributed by atoms with Crippen molar-refractivity contribution in [3.8, 4) is 27.7 Å². The van der Waals surface area contributed by atoms with E-state index in [2.05, 4.69) is 71.9 Å². The lowest BCUT2D eigenvalue weighted by atomic mass is 9.85. The molecule has 0 unspecified atom stereocenters. The van der Waals surface area contributed by atoms with Crippen LogP contribution in [0.3, 0.4) is 0 Å². The molecule has 5 heterocycles. The number of aryl methyl sites for hydroxylation is 1. The number of rotatable bonds is 27. The van der Waals surface area contributed by atoms with Crippen LogP contribution >= 0.6 is 11.3 Å². The van der Waals surface area contributed by atoms with Gasteiger partial charge in [-0.2, -0.15) is 0 Å². The third kappa shape index (κ3) is 16.9. The fraction of sp³-hybridized carbons (Fsp3) is 0.471. The molecular weight excluding hydrogens is 1150 g/mol. The molecule has 0 radical (unpaired) electrons. The van der Waals surface area contributed by atoms with Gasteiger partial charge in [0.25, 0.3) is 0 Å². The number of halogens is 1. The maximum Gasteiger partial charge on any atom is 0.246 e. The van der Waals surface area contributed by atoms with E-state index in [1.165, 1.54) is 24.3 Å². The van der Waals surface area contributed by atoms with Crippen LogP contribution in [0.5, 0.6) is 17.2 Å². The number of ether oxygens (including phenoxy) is 5. The summed E-state index contributed by atoms with van der Waals surface area (Å²) in [6.45, 7) is 19.7. The van der Waals surface area contributed by atoms with Gasteiger partial charge in [0.1, 0.15) is 34.5 Å². The molecule has 10 rings (SSSR count). The number of fused-ring (bicyclic) bond motifs is 1. The number of piperidine rings is 2. The number of amides is 4. The van der Waals surface area contributed by atoms with Gasteiger partial charge in [-0.25, -0.2) is 9.37 Å². The number of carbonyl (C=O) groups excluding carboxylic acids is 4. The molecule has 474 valence electrons. The van der Waals surface area contributed by atoms with Crippen molar-refractivity contribution in [2.75, 3.05) is 83.4 Å². The molecule has 19 nitrogen and oxygen atoms in total. The Labute approximate surface area is 524 Å². The van der Waals surface area contributed by atoms with Gasteiger partial charge >= 0.3 is 0 Å². The van der Waals surface area contributed by atoms with Crippen molar-refractivity contribution in [1.82, 2.24) is 35.3 Å². The largest absolute Gasteiger partial charge is 0.496 e. The number of nitrogens with zero attached hydrogens (tertiary/aromatic N) is 5. The monoisotopic (exact) mass is 1240 g/mol. The second-order valence-electron chi connectivity index (χ2n) is 24.8. The van der Waals surface area contributed by atoms with Gasteiger partial charge in [0.15, 0.2) is 0 Å². The first-order valence-corrected chi connectivity index (χ1v) is 31.9. The summed E-state index contributed by atoms with van der Waals surface area (Å²) >= 11 is 1.62. The van der Waals surface area contributed by atoms with E-state index < -0.39 is 46.6 Å². The third-order valence-corrected chi connectivity index (χ3v) is 18.3. The first-order valence-electron chi connectivity index (χ1n) is 31.0. The molecule has 89 heavy (non-hydrogen) atoms. The number of aliphatic hydroxyl groups is 1. The van der Waals surface area contributed by atoms with Crippen molar-refractivity contribution in [2.45, 2.75) is 123 Å². The van der Waals surface area contributed by atoms with Crippen molar-refractivity contribution in [3.63, 3.8) is 0 Å². The average Bonchev–Trinajstić information content (AvgIpc) is 2.09. The molecule has 3 aliphatic heterocycles. The summed E-state index contributed by atoms with van der Waals surface area (Å²) in [6.07, 6.45) is 6.42. The first kappa shape index (κ1) is 64.6. The lowest BCUT2D eigenvalue weighted by molar-refractivity contribution is -0.140. The van der Waals surface area contributed by atoms with Gasteiger partial charge in [-0.1, -0.05) is 51.6 Å². The highest BCUT2D eigenvalue weighted by atomic mass is 32.1. The maximum absolute atomic E-state index is 14.3. The van der Waals surface area contributed by atoms with E-state index in [4.69, 9.17) is 23.7 Å². The van der Waals surface area contributed by atoms with Gasteiger partial charge in [0.05, 0.1) is 79.5 Å². The fourth-order valence-electron chi connectivity index (χ4n) is 11.8. The molecule has 6 aromatic rings. The van der Waals surface area contributed by atoms with Crippen LogP contribution in [0.1, 0.15) is 89.0 Å². The van der Waals surface area contributed by atoms with Gasteiger partial charge in [0.2, 0.25) is 23.6 Å². The van der Waals surface area contributed by atoms with Crippen LogP contribution in [-0.4, -0.2) is 157 Å². The number of benzene rings is 4. The number of aromatic nitrogens is 2. The minimum Gasteiger partial charge on any atom is -0.496 e. The van der Waals surface area contributed by atoms with Gasteiger partial charge in [-0.05, 0) is 129 Å². The van der Waals surface area contributed by atoms with Gasteiger partial charge in [-0.15, -0.1) is 11.3 Å². The van der Waals surface area contributed by atoms with E-state index in [9.17, 15) is 28.7 Å². The Hall–Kier alpha value is -7.37. The van der Waals surface area contributed by atoms with E-state index in [0.717, 1.165) is 96.6 Å². The second kappa shape index (κ2) is 29.5. The molecule has 2 aromatic heterocycles. The van der Waals surface area contributed by atoms with Crippen molar-refractivity contribution < 1.29 is 52.4 Å². The second-order valence-corrected chi connectivity index (χ2v) is 25.7. The number of pyridine rings is 1. The Balaban J connectivity index is 0.581. The fourth-order valence-corrected chi connectivity index (χ4v) is 12.6. The zero-order valence-corrected chi connectivity index (χ0v) is 52.5. The number of nitrogens with one attached hydrogen (secondary N) is 4. The van der Waals surface area contributed by atoms with Gasteiger partial charge < -0.3 is 64.8 Å². The molecular formula is C68H84FN9O10S. The first-order chi connectivity index (χ1) is 42.9. The number of hydrogen-bond donors (Lipinski definition) is 5. The van der Waals surface area contributed by atoms with Gasteiger partial charge in [0, 0.05) is 99.4 Å². The predicted molar refractivity (Wildman–Crippen MR) is 341 cm³/mol. The summed E-state index contributed by atoms with van der Waals surface area (Å²) in [5, 5.41) is 23.6. The predicted octanol–water partition coefficient (Wildman–Crippen LogP) is 9.63. The number of hydrogen-bond acceptors (Lipinski definition) is 16. The molecule has 0 spiro atoms. The quantitative estimate of drug-likeness (QED) is 0.0240. The molecule has 1 aliphatic carbocycles. The summed E-state index contributed by atoms with van der Waals surface area (Å²) < 4.78 is 44.2. The number of likely N-dealkylation sites (tertiary alicyclic amines) is 3. The van der Waals surface area contributed by atoms with Crippen LogP contribution in [0.4, 0.5) is 15.8 Å². The molecule has 3 atom stereocenters. The molecule has 3 saturated heterocycles. The lowest BCUT2D eigenvalue weighted by Gasteiger charge is -2.36. The Morgan fingerprint density at radius 2 is 1.44 bits per heavy atom. The number of thiazole rings is 1. The minimum absolute atomic E-state index is 0.139. The zero-order chi connectivity index (χ0) is 62.7. The van der Waals surface area contributed by atoms with Crippen LogP contribution in [0.2, 0.25) is 0 Å². The zero-order valence-electron chi connectivity index (χ0n) is 51.7. The minimum atomic E-state index is -1.18. The number of carbonyl (C=O) groups is 4. The average molecular weight is 1240 g/mol. The summed E-state index contributed by atoms with van der Waals surface area (Å²) in [6, 6.07) is 25.1. The number of aliphatic hydroxyl groups excluding tert-OH is 1. The Bertz CT molecular complexity index is 3400. The smallest absolute Gasteiger partial charge is 0.246 e. The standard InChI is InChI=1S/C68H84FN9O10S/c1-44(71-40-46-7-9-47(10-8-46)62-45(2)72-43-89-62)58-38-52(79)41-78(58)64(81)63(67(3,4)5)75-61(80)24-32-76-28-20-53(21-29-76)86-35-36-87-54-22-30-77(31-23-54)33-34-85-42-48-37-57-56(39-60(48)84-6)59(19-27-70-57)88-55-17-15-51(16-18-55)74-66(83)68(25-26-68)65(82)73-50-13-11-49(69)12-14-50/h7-19,27,37,39,43,52-54,58,63,71,79H,1,20-26,28-36,38,40-42H2,2-6H3,(H,73,82)(H,74,83)(H,75,80)/t52-,58+,63-/m1/s1. The SMILES string of the molecule is C=C(NCc1ccc(-c2scnc2C)cc1)[C@@H]1C[C@@H](O)CN1C(=O)[C@@H](NC(=O)CCN1CCC(OCCOC2CCN(CCOCc3cc4nccc(Oc5ccc(NC(=O)C6(C(=O)Nc7ccc(F)cc7)CC6)cc5)c4cc3OC)CC2)CC1)C(C)(C)C. The molecule has 4 fully saturated rings.